The molecule has 2 aromatic heterocycles. The van der Waals surface area contributed by atoms with Crippen LogP contribution in [0.3, 0.4) is 0 Å². The van der Waals surface area contributed by atoms with Gasteiger partial charge in [0.15, 0.2) is 5.58 Å². The van der Waals surface area contributed by atoms with Crippen LogP contribution in [0, 0.1) is 0 Å². The predicted molar refractivity (Wildman–Crippen MR) is 97.7 cm³/mol. The number of nitrogens with zero attached hydrogens (tertiary/aromatic N) is 3. The minimum absolute atomic E-state index is 0.0670. The number of fused-ring (bicyclic) bond motifs is 2. The molecular weight excluding hydrogens is 332 g/mol. The van der Waals surface area contributed by atoms with Gasteiger partial charge in [0.2, 0.25) is 5.91 Å². The van der Waals surface area contributed by atoms with Crippen molar-refractivity contribution in [3.63, 3.8) is 0 Å². The molecule has 2 heterocycles. The van der Waals surface area contributed by atoms with Crippen LogP contribution in [0.2, 0.25) is 0 Å². The number of aromatic nitrogens is 3. The number of H-pyrrole nitrogens is 1. The van der Waals surface area contributed by atoms with Crippen LogP contribution >= 0.6 is 0 Å². The maximum atomic E-state index is 12.4. The van der Waals surface area contributed by atoms with Gasteiger partial charge in [-0.05, 0) is 24.3 Å². The van der Waals surface area contributed by atoms with Crippen LogP contribution in [0.1, 0.15) is 12.2 Å². The molecule has 7 heteroatoms. The quantitative estimate of drug-likeness (QED) is 0.599. The summed E-state index contributed by atoms with van der Waals surface area (Å²) in [6, 6.07) is 14.9. The monoisotopic (exact) mass is 350 g/mol. The van der Waals surface area contributed by atoms with Crippen molar-refractivity contribution >= 4 is 28.0 Å². The fraction of sp³-hybridized carbons (Fsp3) is 0.211. The number of nitrogens with one attached hydrogen (secondary N) is 1. The molecule has 0 bridgehead atoms. The average Bonchev–Trinajstić information content (AvgIpc) is 3.18. The van der Waals surface area contributed by atoms with Crippen LogP contribution in [0.4, 0.5) is 0 Å². The normalized spacial score (nSPS) is 11.3. The second-order valence-corrected chi connectivity index (χ2v) is 6.19. The van der Waals surface area contributed by atoms with Crippen LogP contribution in [-0.4, -0.2) is 32.4 Å². The third-order valence-electron chi connectivity index (χ3n) is 4.37. The van der Waals surface area contributed by atoms with Gasteiger partial charge in [-0.15, -0.1) is 0 Å². The second-order valence-electron chi connectivity index (χ2n) is 6.19. The summed E-state index contributed by atoms with van der Waals surface area (Å²) in [4.78, 5) is 33.7. The fourth-order valence-electron chi connectivity index (χ4n) is 3.02. The third kappa shape index (κ3) is 2.99. The van der Waals surface area contributed by atoms with Gasteiger partial charge in [-0.1, -0.05) is 24.3 Å². The van der Waals surface area contributed by atoms with Gasteiger partial charge in [0, 0.05) is 20.0 Å². The first kappa shape index (κ1) is 16.1. The Labute approximate surface area is 148 Å². The Morgan fingerprint density at radius 1 is 1.19 bits per heavy atom. The van der Waals surface area contributed by atoms with Gasteiger partial charge in [0.25, 0.3) is 0 Å². The Hall–Kier alpha value is -3.35. The molecule has 0 spiro atoms. The standard InChI is InChI=1S/C19H18N4O3/c1-22(12-17-20-13-6-2-3-7-14(13)21-17)18(24)10-11-23-15-8-4-5-9-16(15)26-19(23)25/h2-9H,10-12H2,1H3,(H,20,21). The molecule has 0 aliphatic rings. The first-order valence-electron chi connectivity index (χ1n) is 8.38. The van der Waals surface area contributed by atoms with Gasteiger partial charge < -0.3 is 14.3 Å². The minimum atomic E-state index is -0.445. The zero-order valence-electron chi connectivity index (χ0n) is 14.3. The third-order valence-corrected chi connectivity index (χ3v) is 4.37. The SMILES string of the molecule is CN(Cc1nc2ccccc2[nH]1)C(=O)CCn1c(=O)oc2ccccc21. The molecule has 1 N–H and O–H groups in total. The Morgan fingerprint density at radius 3 is 2.81 bits per heavy atom. The van der Waals surface area contributed by atoms with Crippen LogP contribution in [0.25, 0.3) is 22.1 Å². The summed E-state index contributed by atoms with van der Waals surface area (Å²) in [5.41, 5.74) is 3.05. The Bertz CT molecular complexity index is 1110. The van der Waals surface area contributed by atoms with Gasteiger partial charge in [-0.2, -0.15) is 0 Å². The first-order chi connectivity index (χ1) is 12.6. The molecule has 0 aliphatic carbocycles. The largest absolute Gasteiger partial charge is 0.419 e. The topological polar surface area (TPSA) is 84.1 Å². The van der Waals surface area contributed by atoms with Crippen molar-refractivity contribution in [3.05, 3.63) is 64.9 Å². The number of imidazole rings is 1. The maximum Gasteiger partial charge on any atom is 0.419 e. The van der Waals surface area contributed by atoms with E-state index in [1.165, 1.54) is 4.57 Å². The summed E-state index contributed by atoms with van der Waals surface area (Å²) in [6.07, 6.45) is 0.208. The number of amides is 1. The van der Waals surface area contributed by atoms with Crippen LogP contribution in [0.15, 0.2) is 57.7 Å². The summed E-state index contributed by atoms with van der Waals surface area (Å²) in [7, 11) is 1.73. The van der Waals surface area contributed by atoms with E-state index in [4.69, 9.17) is 4.42 Å². The first-order valence-corrected chi connectivity index (χ1v) is 8.38. The summed E-state index contributed by atoms with van der Waals surface area (Å²) in [5.74, 6) is 0.217. The lowest BCUT2D eigenvalue weighted by Crippen LogP contribution is -2.28. The molecule has 0 radical (unpaired) electrons. The van der Waals surface area contributed by atoms with E-state index in [1.807, 2.05) is 42.5 Å². The molecule has 0 saturated heterocycles. The van der Waals surface area contributed by atoms with Crippen molar-refractivity contribution in [2.24, 2.45) is 0 Å². The zero-order chi connectivity index (χ0) is 18.1. The van der Waals surface area contributed by atoms with Gasteiger partial charge in [0.05, 0.1) is 23.1 Å². The molecule has 132 valence electrons. The number of benzene rings is 2. The Kier molecular flexibility index (Phi) is 4.04. The molecular formula is C19H18N4O3. The number of aryl methyl sites for hydroxylation is 1. The van der Waals surface area contributed by atoms with E-state index in [9.17, 15) is 9.59 Å². The zero-order valence-corrected chi connectivity index (χ0v) is 14.3. The lowest BCUT2D eigenvalue weighted by molar-refractivity contribution is -0.130. The van der Waals surface area contributed by atoms with Gasteiger partial charge >= 0.3 is 5.76 Å². The van der Waals surface area contributed by atoms with Crippen molar-refractivity contribution in [3.8, 4) is 0 Å². The molecule has 26 heavy (non-hydrogen) atoms. The summed E-state index contributed by atoms with van der Waals surface area (Å²) in [5, 5.41) is 0. The van der Waals surface area contributed by atoms with E-state index >= 15 is 0 Å². The van der Waals surface area contributed by atoms with Gasteiger partial charge in [0.1, 0.15) is 5.82 Å². The number of carbonyl (C=O) groups excluding carboxylic acids is 1. The molecule has 7 nitrogen and oxygen atoms in total. The van der Waals surface area contributed by atoms with E-state index in [1.54, 1.807) is 18.0 Å². The highest BCUT2D eigenvalue weighted by atomic mass is 16.4. The molecule has 0 fully saturated rings. The molecule has 0 atom stereocenters. The van der Waals surface area contributed by atoms with E-state index in [0.29, 0.717) is 17.6 Å². The van der Waals surface area contributed by atoms with Crippen molar-refractivity contribution < 1.29 is 9.21 Å². The van der Waals surface area contributed by atoms with Crippen LogP contribution in [-0.2, 0) is 17.9 Å². The van der Waals surface area contributed by atoms with E-state index in [-0.39, 0.29) is 18.9 Å². The number of para-hydroxylation sites is 4. The van der Waals surface area contributed by atoms with Crippen molar-refractivity contribution in [2.75, 3.05) is 7.05 Å². The number of oxazole rings is 1. The second kappa shape index (κ2) is 6.51. The lowest BCUT2D eigenvalue weighted by Gasteiger charge is -2.15. The summed E-state index contributed by atoms with van der Waals surface area (Å²) in [6.45, 7) is 0.660. The fourth-order valence-corrected chi connectivity index (χ4v) is 3.02. The van der Waals surface area contributed by atoms with E-state index in [0.717, 1.165) is 16.9 Å². The predicted octanol–water partition coefficient (Wildman–Crippen LogP) is 2.52. The smallest absolute Gasteiger partial charge is 0.408 e. The summed E-state index contributed by atoms with van der Waals surface area (Å²) < 4.78 is 6.68. The lowest BCUT2D eigenvalue weighted by atomic mass is 10.3. The number of rotatable bonds is 5. The van der Waals surface area contributed by atoms with Gasteiger partial charge in [-0.3, -0.25) is 9.36 Å². The van der Waals surface area contributed by atoms with Crippen LogP contribution in [0.5, 0.6) is 0 Å². The highest BCUT2D eigenvalue weighted by molar-refractivity contribution is 5.77. The van der Waals surface area contributed by atoms with Crippen molar-refractivity contribution in [1.29, 1.82) is 0 Å². The van der Waals surface area contributed by atoms with Crippen molar-refractivity contribution in [1.82, 2.24) is 19.4 Å². The maximum absolute atomic E-state index is 12.4. The highest BCUT2D eigenvalue weighted by Crippen LogP contribution is 2.14. The summed E-state index contributed by atoms with van der Waals surface area (Å²) >= 11 is 0. The number of hydrogen-bond donors (Lipinski definition) is 1. The van der Waals surface area contributed by atoms with E-state index in [2.05, 4.69) is 9.97 Å². The number of carbonyl (C=O) groups is 1. The number of hydrogen-bond acceptors (Lipinski definition) is 4. The average molecular weight is 350 g/mol. The van der Waals surface area contributed by atoms with Crippen LogP contribution < -0.4 is 5.76 Å². The molecule has 1 amide bonds. The molecule has 0 saturated carbocycles. The molecule has 4 rings (SSSR count). The molecule has 2 aromatic carbocycles. The molecule has 4 aromatic rings. The van der Waals surface area contributed by atoms with Gasteiger partial charge in [-0.25, -0.2) is 9.78 Å². The molecule has 0 aliphatic heterocycles. The Balaban J connectivity index is 1.44. The van der Waals surface area contributed by atoms with E-state index < -0.39 is 5.76 Å². The Morgan fingerprint density at radius 2 is 1.96 bits per heavy atom. The van der Waals surface area contributed by atoms with Crippen molar-refractivity contribution in [2.45, 2.75) is 19.5 Å². The number of aromatic amines is 1. The molecule has 0 unspecified atom stereocenters. The highest BCUT2D eigenvalue weighted by Gasteiger charge is 2.14. The minimum Gasteiger partial charge on any atom is -0.408 e.